The highest BCUT2D eigenvalue weighted by Gasteiger charge is 2.30. The van der Waals surface area contributed by atoms with Gasteiger partial charge in [-0.15, -0.1) is 0 Å². The zero-order valence-corrected chi connectivity index (χ0v) is 20.3. The Morgan fingerprint density at radius 1 is 0.857 bits per heavy atom. The number of ether oxygens (including phenoxy) is 3. The molecule has 0 radical (unpaired) electrons. The maximum Gasteiger partial charge on any atom is 0.342 e. The van der Waals surface area contributed by atoms with Gasteiger partial charge in [-0.3, -0.25) is 4.79 Å². The third-order valence-electron chi connectivity index (χ3n) is 5.90. The summed E-state index contributed by atoms with van der Waals surface area (Å²) in [5, 5.41) is 1.81. The average Bonchev–Trinajstić information content (AvgIpc) is 2.90. The molecule has 0 aliphatic carbocycles. The molecule has 0 unspecified atom stereocenters. The van der Waals surface area contributed by atoms with Crippen molar-refractivity contribution in [1.29, 1.82) is 0 Å². The fourth-order valence-corrected chi connectivity index (χ4v) is 5.46. The Labute approximate surface area is 203 Å². The van der Waals surface area contributed by atoms with E-state index < -0.39 is 28.5 Å². The van der Waals surface area contributed by atoms with Crippen molar-refractivity contribution in [1.82, 2.24) is 9.21 Å². The molecule has 1 aliphatic rings. The molecular weight excluding hydrogens is 472 g/mol. The van der Waals surface area contributed by atoms with Crippen LogP contribution in [-0.4, -0.2) is 76.5 Å². The lowest BCUT2D eigenvalue weighted by molar-refractivity contribution is -0.135. The van der Waals surface area contributed by atoms with Gasteiger partial charge in [0.2, 0.25) is 10.0 Å². The van der Waals surface area contributed by atoms with Gasteiger partial charge in [0, 0.05) is 26.2 Å². The van der Waals surface area contributed by atoms with Crippen molar-refractivity contribution < 1.29 is 32.2 Å². The molecular formula is C25H26N2O7S. The van der Waals surface area contributed by atoms with Crippen molar-refractivity contribution in [3.63, 3.8) is 0 Å². The van der Waals surface area contributed by atoms with E-state index in [9.17, 15) is 18.0 Å². The van der Waals surface area contributed by atoms with Crippen LogP contribution in [0.5, 0.6) is 11.5 Å². The summed E-state index contributed by atoms with van der Waals surface area (Å²) in [4.78, 5) is 26.8. The van der Waals surface area contributed by atoms with E-state index in [1.54, 1.807) is 30.3 Å². The number of amides is 1. The minimum absolute atomic E-state index is 0.144. The number of hydrogen-bond acceptors (Lipinski definition) is 7. The van der Waals surface area contributed by atoms with E-state index in [1.807, 2.05) is 24.3 Å². The minimum Gasteiger partial charge on any atom is -0.493 e. The first kappa shape index (κ1) is 24.5. The lowest BCUT2D eigenvalue weighted by atomic mass is 10.1. The van der Waals surface area contributed by atoms with Crippen LogP contribution in [-0.2, 0) is 19.6 Å². The molecule has 1 saturated heterocycles. The number of benzene rings is 3. The summed E-state index contributed by atoms with van der Waals surface area (Å²) >= 11 is 0. The summed E-state index contributed by atoms with van der Waals surface area (Å²) in [5.74, 6) is -0.522. The van der Waals surface area contributed by atoms with E-state index in [4.69, 9.17) is 14.2 Å². The van der Waals surface area contributed by atoms with Crippen LogP contribution >= 0.6 is 0 Å². The first-order valence-electron chi connectivity index (χ1n) is 11.0. The molecule has 9 nitrogen and oxygen atoms in total. The molecule has 184 valence electrons. The second kappa shape index (κ2) is 10.3. The number of sulfonamides is 1. The van der Waals surface area contributed by atoms with E-state index in [-0.39, 0.29) is 42.4 Å². The number of esters is 1. The van der Waals surface area contributed by atoms with E-state index in [1.165, 1.54) is 29.5 Å². The van der Waals surface area contributed by atoms with Gasteiger partial charge in [-0.1, -0.05) is 36.4 Å². The van der Waals surface area contributed by atoms with Gasteiger partial charge >= 0.3 is 5.97 Å². The number of nitrogens with zero attached hydrogens (tertiary/aromatic N) is 2. The van der Waals surface area contributed by atoms with E-state index in [0.29, 0.717) is 5.75 Å². The molecule has 1 fully saturated rings. The van der Waals surface area contributed by atoms with Gasteiger partial charge in [0.05, 0.1) is 19.1 Å². The van der Waals surface area contributed by atoms with Crippen molar-refractivity contribution >= 4 is 32.7 Å². The van der Waals surface area contributed by atoms with Gasteiger partial charge in [-0.05, 0) is 35.0 Å². The van der Waals surface area contributed by atoms with Crippen LogP contribution in [0, 0.1) is 0 Å². The molecule has 0 N–H and O–H groups in total. The first-order valence-corrected chi connectivity index (χ1v) is 12.4. The summed E-state index contributed by atoms with van der Waals surface area (Å²) in [6.07, 6.45) is 0. The molecule has 0 saturated carbocycles. The molecule has 3 aromatic carbocycles. The summed E-state index contributed by atoms with van der Waals surface area (Å²) in [7, 11) is -0.832. The van der Waals surface area contributed by atoms with Gasteiger partial charge in [0.1, 0.15) is 5.56 Å². The highest BCUT2D eigenvalue weighted by molar-refractivity contribution is 7.89. The predicted molar refractivity (Wildman–Crippen MR) is 129 cm³/mol. The molecule has 1 aliphatic heterocycles. The highest BCUT2D eigenvalue weighted by atomic mass is 32.2. The van der Waals surface area contributed by atoms with Crippen LogP contribution in [0.1, 0.15) is 10.4 Å². The molecule has 4 rings (SSSR count). The predicted octanol–water partition coefficient (Wildman–Crippen LogP) is 2.55. The van der Waals surface area contributed by atoms with Crippen molar-refractivity contribution in [3.8, 4) is 11.5 Å². The number of methoxy groups -OCH3 is 2. The molecule has 1 amide bonds. The fourth-order valence-electron chi connectivity index (χ4n) is 4.00. The van der Waals surface area contributed by atoms with Gasteiger partial charge in [-0.25, -0.2) is 13.2 Å². The highest BCUT2D eigenvalue weighted by Crippen LogP contribution is 2.31. The number of para-hydroxylation sites is 1. The Morgan fingerprint density at radius 3 is 2.26 bits per heavy atom. The Hall–Kier alpha value is -3.63. The molecule has 0 bridgehead atoms. The normalized spacial score (nSPS) is 14.5. The van der Waals surface area contributed by atoms with E-state index in [0.717, 1.165) is 10.8 Å². The van der Waals surface area contributed by atoms with Crippen molar-refractivity contribution in [3.05, 3.63) is 66.2 Å². The van der Waals surface area contributed by atoms with Gasteiger partial charge < -0.3 is 19.1 Å². The monoisotopic (exact) mass is 498 g/mol. The maximum atomic E-state index is 13.1. The Kier molecular flexibility index (Phi) is 7.23. The third kappa shape index (κ3) is 5.08. The second-order valence-corrected chi connectivity index (χ2v) is 9.85. The quantitative estimate of drug-likeness (QED) is 0.461. The van der Waals surface area contributed by atoms with E-state index in [2.05, 4.69) is 0 Å². The fraction of sp³-hybridized carbons (Fsp3) is 0.280. The van der Waals surface area contributed by atoms with Gasteiger partial charge in [-0.2, -0.15) is 4.31 Å². The maximum absolute atomic E-state index is 13.1. The number of rotatable bonds is 7. The number of fused-ring (bicyclic) bond motifs is 1. The summed E-state index contributed by atoms with van der Waals surface area (Å²) in [6.45, 7) is 0.241. The standard InChI is InChI=1S/C25H26N2O7S/c1-32-22-9-5-8-21(24(22)33-2)25(29)34-17-23(28)26-12-14-27(15-13-26)35(30,31)20-11-10-18-6-3-4-7-19(18)16-20/h3-11,16H,12-15,17H2,1-2H3. The lowest BCUT2D eigenvalue weighted by Gasteiger charge is -2.33. The second-order valence-electron chi connectivity index (χ2n) is 7.91. The largest absolute Gasteiger partial charge is 0.493 e. The average molecular weight is 499 g/mol. The Bertz CT molecular complexity index is 1350. The van der Waals surface area contributed by atoms with Crippen LogP contribution in [0.4, 0.5) is 0 Å². The smallest absolute Gasteiger partial charge is 0.342 e. The molecule has 10 heteroatoms. The lowest BCUT2D eigenvalue weighted by Crippen LogP contribution is -2.51. The molecule has 1 heterocycles. The summed E-state index contributed by atoms with van der Waals surface area (Å²) in [6, 6.07) is 17.4. The molecule has 3 aromatic rings. The minimum atomic E-state index is -3.69. The van der Waals surface area contributed by atoms with Crippen molar-refractivity contribution in [2.45, 2.75) is 4.90 Å². The van der Waals surface area contributed by atoms with Crippen LogP contribution in [0.2, 0.25) is 0 Å². The van der Waals surface area contributed by atoms with Crippen LogP contribution in [0.15, 0.2) is 65.6 Å². The summed E-state index contributed by atoms with van der Waals surface area (Å²) < 4.78 is 43.2. The van der Waals surface area contributed by atoms with Crippen molar-refractivity contribution in [2.24, 2.45) is 0 Å². The number of piperazine rings is 1. The number of carbonyl (C=O) groups excluding carboxylic acids is 2. The van der Waals surface area contributed by atoms with Crippen LogP contribution < -0.4 is 9.47 Å². The Balaban J connectivity index is 1.35. The van der Waals surface area contributed by atoms with E-state index >= 15 is 0 Å². The molecule has 35 heavy (non-hydrogen) atoms. The third-order valence-corrected chi connectivity index (χ3v) is 7.79. The van der Waals surface area contributed by atoms with Crippen LogP contribution in [0.25, 0.3) is 10.8 Å². The summed E-state index contributed by atoms with van der Waals surface area (Å²) in [5.41, 5.74) is 0.144. The van der Waals surface area contributed by atoms with Gasteiger partial charge in [0.25, 0.3) is 5.91 Å². The van der Waals surface area contributed by atoms with Gasteiger partial charge in [0.15, 0.2) is 18.1 Å². The SMILES string of the molecule is COc1cccc(C(=O)OCC(=O)N2CCN(S(=O)(=O)c3ccc4ccccc4c3)CC2)c1OC. The Morgan fingerprint density at radius 2 is 1.57 bits per heavy atom. The zero-order chi connectivity index (χ0) is 25.0. The zero-order valence-electron chi connectivity index (χ0n) is 19.5. The topological polar surface area (TPSA) is 102 Å². The van der Waals surface area contributed by atoms with Crippen molar-refractivity contribution in [2.75, 3.05) is 47.0 Å². The van der Waals surface area contributed by atoms with Crippen LogP contribution in [0.3, 0.4) is 0 Å². The molecule has 0 spiro atoms. The number of carbonyl (C=O) groups is 2. The first-order chi connectivity index (χ1) is 16.8. The number of hydrogen-bond donors (Lipinski definition) is 0. The molecule has 0 aromatic heterocycles. The molecule has 0 atom stereocenters.